The monoisotopic (exact) mass is 316 g/mol. The first-order valence-corrected chi connectivity index (χ1v) is 6.59. The molecular formula is C13H18BrFN2O. The summed E-state index contributed by atoms with van der Waals surface area (Å²) in [5.41, 5.74) is 0.835. The number of nitrogens with zero attached hydrogens (tertiary/aromatic N) is 1. The Hall–Kier alpha value is -0.940. The van der Waals surface area contributed by atoms with Crippen LogP contribution in [0.5, 0.6) is 0 Å². The summed E-state index contributed by atoms with van der Waals surface area (Å²) in [6, 6.07) is 4.87. The van der Waals surface area contributed by atoms with E-state index in [0.717, 1.165) is 5.56 Å². The molecular weight excluding hydrogens is 299 g/mol. The number of carbonyl (C=O) groups excluding carboxylic acids is 1. The number of likely N-dealkylation sites (N-methyl/N-ethyl adjacent to an activating group) is 1. The predicted molar refractivity (Wildman–Crippen MR) is 73.7 cm³/mol. The van der Waals surface area contributed by atoms with Gasteiger partial charge in [0.15, 0.2) is 0 Å². The first-order valence-electron chi connectivity index (χ1n) is 5.79. The Labute approximate surface area is 115 Å². The fourth-order valence-electron chi connectivity index (χ4n) is 1.68. The lowest BCUT2D eigenvalue weighted by Crippen LogP contribution is -2.38. The van der Waals surface area contributed by atoms with Gasteiger partial charge in [-0.3, -0.25) is 9.69 Å². The fraction of sp³-hybridized carbons (Fsp3) is 0.462. The highest BCUT2D eigenvalue weighted by molar-refractivity contribution is 9.10. The number of halogens is 2. The molecule has 0 atom stereocenters. The van der Waals surface area contributed by atoms with E-state index in [1.54, 1.807) is 0 Å². The molecule has 1 amide bonds. The third-order valence-corrected chi connectivity index (χ3v) is 2.70. The van der Waals surface area contributed by atoms with Crippen molar-refractivity contribution in [3.05, 3.63) is 34.1 Å². The van der Waals surface area contributed by atoms with Crippen molar-refractivity contribution >= 4 is 21.8 Å². The van der Waals surface area contributed by atoms with Crippen molar-refractivity contribution in [3.63, 3.8) is 0 Å². The molecule has 0 aliphatic heterocycles. The van der Waals surface area contributed by atoms with Crippen LogP contribution in [0.4, 0.5) is 4.39 Å². The van der Waals surface area contributed by atoms with E-state index in [1.807, 2.05) is 31.9 Å². The highest BCUT2D eigenvalue weighted by Gasteiger charge is 2.09. The van der Waals surface area contributed by atoms with Crippen molar-refractivity contribution in [2.75, 3.05) is 13.6 Å². The average Bonchev–Trinajstić information content (AvgIpc) is 2.12. The second kappa shape index (κ2) is 6.85. The van der Waals surface area contributed by atoms with Crippen LogP contribution in [-0.4, -0.2) is 30.4 Å². The summed E-state index contributed by atoms with van der Waals surface area (Å²) in [5.74, 6) is -0.303. The van der Waals surface area contributed by atoms with Crippen LogP contribution in [0.25, 0.3) is 0 Å². The molecule has 0 aliphatic rings. The number of nitrogens with one attached hydrogen (secondary N) is 1. The summed E-state index contributed by atoms with van der Waals surface area (Å²) in [5, 5.41) is 2.82. The van der Waals surface area contributed by atoms with Crippen LogP contribution in [0.15, 0.2) is 22.7 Å². The summed E-state index contributed by atoms with van der Waals surface area (Å²) in [7, 11) is 1.83. The molecule has 1 N–H and O–H groups in total. The largest absolute Gasteiger partial charge is 0.353 e. The molecule has 18 heavy (non-hydrogen) atoms. The van der Waals surface area contributed by atoms with Crippen molar-refractivity contribution < 1.29 is 9.18 Å². The molecule has 0 heterocycles. The van der Waals surface area contributed by atoms with E-state index in [9.17, 15) is 9.18 Å². The van der Waals surface area contributed by atoms with E-state index in [2.05, 4.69) is 21.2 Å². The van der Waals surface area contributed by atoms with Gasteiger partial charge in [0.1, 0.15) is 5.82 Å². The first kappa shape index (κ1) is 15.1. The van der Waals surface area contributed by atoms with Gasteiger partial charge in [-0.05, 0) is 44.7 Å². The summed E-state index contributed by atoms with van der Waals surface area (Å²) in [6.45, 7) is 4.66. The van der Waals surface area contributed by atoms with Crippen molar-refractivity contribution in [2.45, 2.75) is 26.4 Å². The Morgan fingerprint density at radius 1 is 1.44 bits per heavy atom. The van der Waals surface area contributed by atoms with Crippen LogP contribution >= 0.6 is 15.9 Å². The maximum atomic E-state index is 13.2. The lowest BCUT2D eigenvalue weighted by atomic mass is 10.2. The quantitative estimate of drug-likeness (QED) is 0.905. The predicted octanol–water partition coefficient (Wildman–Crippen LogP) is 2.54. The summed E-state index contributed by atoms with van der Waals surface area (Å²) < 4.78 is 13.9. The zero-order valence-electron chi connectivity index (χ0n) is 10.8. The molecule has 1 aromatic carbocycles. The third kappa shape index (κ3) is 5.60. The second-order valence-electron chi connectivity index (χ2n) is 4.67. The number of carbonyl (C=O) groups is 1. The third-order valence-electron chi connectivity index (χ3n) is 2.24. The van der Waals surface area contributed by atoms with Crippen LogP contribution in [-0.2, 0) is 11.3 Å². The smallest absolute Gasteiger partial charge is 0.234 e. The van der Waals surface area contributed by atoms with E-state index >= 15 is 0 Å². The van der Waals surface area contributed by atoms with E-state index in [4.69, 9.17) is 0 Å². The summed E-state index contributed by atoms with van der Waals surface area (Å²) in [6.07, 6.45) is 0. The zero-order valence-corrected chi connectivity index (χ0v) is 12.4. The minimum absolute atomic E-state index is 0.0250. The molecule has 100 valence electrons. The maximum absolute atomic E-state index is 13.2. The SMILES string of the molecule is CC(C)NC(=O)CN(C)Cc1cc(F)cc(Br)c1. The molecule has 0 radical (unpaired) electrons. The maximum Gasteiger partial charge on any atom is 0.234 e. The van der Waals surface area contributed by atoms with Gasteiger partial charge in [0.05, 0.1) is 6.54 Å². The molecule has 0 aliphatic carbocycles. The van der Waals surface area contributed by atoms with Crippen LogP contribution in [0.1, 0.15) is 19.4 Å². The van der Waals surface area contributed by atoms with Gasteiger partial charge in [0.2, 0.25) is 5.91 Å². The van der Waals surface area contributed by atoms with Crippen LogP contribution < -0.4 is 5.32 Å². The number of amides is 1. The number of hydrogen-bond donors (Lipinski definition) is 1. The molecule has 0 spiro atoms. The Bertz CT molecular complexity index is 403. The van der Waals surface area contributed by atoms with Gasteiger partial charge in [0.25, 0.3) is 0 Å². The van der Waals surface area contributed by atoms with Gasteiger partial charge in [-0.2, -0.15) is 0 Å². The fourth-order valence-corrected chi connectivity index (χ4v) is 2.20. The lowest BCUT2D eigenvalue weighted by molar-refractivity contribution is -0.122. The molecule has 0 bridgehead atoms. The minimum Gasteiger partial charge on any atom is -0.353 e. The topological polar surface area (TPSA) is 32.3 Å². The Balaban J connectivity index is 2.53. The molecule has 0 saturated carbocycles. The van der Waals surface area contributed by atoms with Crippen molar-refractivity contribution in [2.24, 2.45) is 0 Å². The average molecular weight is 317 g/mol. The molecule has 3 nitrogen and oxygen atoms in total. The molecule has 5 heteroatoms. The van der Waals surface area contributed by atoms with Crippen LogP contribution in [0, 0.1) is 5.82 Å². The molecule has 0 fully saturated rings. The van der Waals surface area contributed by atoms with E-state index in [-0.39, 0.29) is 17.8 Å². The van der Waals surface area contributed by atoms with Gasteiger partial charge in [-0.15, -0.1) is 0 Å². The second-order valence-corrected chi connectivity index (χ2v) is 5.59. The Morgan fingerprint density at radius 2 is 2.11 bits per heavy atom. The van der Waals surface area contributed by atoms with Crippen molar-refractivity contribution in [3.8, 4) is 0 Å². The number of rotatable bonds is 5. The molecule has 0 saturated heterocycles. The number of benzene rings is 1. The minimum atomic E-state index is -0.278. The highest BCUT2D eigenvalue weighted by Crippen LogP contribution is 2.15. The Morgan fingerprint density at radius 3 is 2.67 bits per heavy atom. The Kier molecular flexibility index (Phi) is 5.75. The van der Waals surface area contributed by atoms with Crippen LogP contribution in [0.3, 0.4) is 0 Å². The van der Waals surface area contributed by atoms with Crippen molar-refractivity contribution in [1.29, 1.82) is 0 Å². The summed E-state index contributed by atoms with van der Waals surface area (Å²) in [4.78, 5) is 13.4. The van der Waals surface area contributed by atoms with Gasteiger partial charge in [-0.1, -0.05) is 15.9 Å². The van der Waals surface area contributed by atoms with Crippen molar-refractivity contribution in [1.82, 2.24) is 10.2 Å². The van der Waals surface area contributed by atoms with Gasteiger partial charge in [0, 0.05) is 17.1 Å². The normalized spacial score (nSPS) is 11.1. The molecule has 1 aromatic rings. The van der Waals surface area contributed by atoms with E-state index in [1.165, 1.54) is 12.1 Å². The zero-order chi connectivity index (χ0) is 13.7. The number of hydrogen-bond acceptors (Lipinski definition) is 2. The molecule has 0 aromatic heterocycles. The molecule has 0 unspecified atom stereocenters. The van der Waals surface area contributed by atoms with Gasteiger partial charge < -0.3 is 5.32 Å². The van der Waals surface area contributed by atoms with E-state index in [0.29, 0.717) is 17.6 Å². The standard InChI is InChI=1S/C13H18BrFN2O/c1-9(2)16-13(18)8-17(3)7-10-4-11(14)6-12(15)5-10/h4-6,9H,7-8H2,1-3H3,(H,16,18). The van der Waals surface area contributed by atoms with Crippen LogP contribution in [0.2, 0.25) is 0 Å². The summed E-state index contributed by atoms with van der Waals surface area (Å²) >= 11 is 3.25. The lowest BCUT2D eigenvalue weighted by Gasteiger charge is -2.17. The highest BCUT2D eigenvalue weighted by atomic mass is 79.9. The molecule has 1 rings (SSSR count). The first-order chi connectivity index (χ1) is 8.36. The van der Waals surface area contributed by atoms with Gasteiger partial charge >= 0.3 is 0 Å². The van der Waals surface area contributed by atoms with Gasteiger partial charge in [-0.25, -0.2) is 4.39 Å². The van der Waals surface area contributed by atoms with E-state index < -0.39 is 0 Å².